The molecule has 0 aliphatic rings. The molecular formula is C15H15BrN2O3S. The number of carbonyl (C=O) groups is 2. The molecule has 0 aliphatic carbocycles. The van der Waals surface area contributed by atoms with Crippen LogP contribution in [-0.4, -0.2) is 28.5 Å². The summed E-state index contributed by atoms with van der Waals surface area (Å²) in [6, 6.07) is 7.88. The molecule has 2 aromatic rings. The molecule has 0 fully saturated rings. The first-order chi connectivity index (χ1) is 10.5. The standard InChI is InChI=1S/C15H15BrN2O3S/c16-11-3-1-2-10(8-11)4-5-13(19)17-7-6-14-18-12(9-22-14)15(20)21/h1-3,8-9H,4-7H2,(H,17,19)(H,20,21). The quantitative estimate of drug-likeness (QED) is 0.771. The Labute approximate surface area is 140 Å². The van der Waals surface area contributed by atoms with Crippen LogP contribution in [0.2, 0.25) is 0 Å². The zero-order valence-electron chi connectivity index (χ0n) is 11.7. The Morgan fingerprint density at radius 1 is 1.32 bits per heavy atom. The monoisotopic (exact) mass is 382 g/mol. The molecule has 1 aromatic heterocycles. The number of carboxylic acids is 1. The van der Waals surface area contributed by atoms with Crippen LogP contribution in [0.3, 0.4) is 0 Å². The van der Waals surface area contributed by atoms with Crippen molar-refractivity contribution < 1.29 is 14.7 Å². The van der Waals surface area contributed by atoms with E-state index in [9.17, 15) is 9.59 Å². The molecule has 0 saturated carbocycles. The fourth-order valence-corrected chi connectivity index (χ4v) is 3.09. The van der Waals surface area contributed by atoms with Gasteiger partial charge in [0.1, 0.15) is 0 Å². The number of nitrogens with one attached hydrogen (secondary N) is 1. The lowest BCUT2D eigenvalue weighted by Gasteiger charge is -2.04. The van der Waals surface area contributed by atoms with Gasteiger partial charge in [0.05, 0.1) is 5.01 Å². The third-order valence-electron chi connectivity index (χ3n) is 2.96. The van der Waals surface area contributed by atoms with Crippen molar-refractivity contribution >= 4 is 39.1 Å². The van der Waals surface area contributed by atoms with Crippen LogP contribution in [0.25, 0.3) is 0 Å². The largest absolute Gasteiger partial charge is 0.476 e. The number of thiazole rings is 1. The van der Waals surface area contributed by atoms with Crippen LogP contribution in [0, 0.1) is 0 Å². The van der Waals surface area contributed by atoms with E-state index in [1.165, 1.54) is 16.7 Å². The van der Waals surface area contributed by atoms with E-state index >= 15 is 0 Å². The molecule has 7 heteroatoms. The van der Waals surface area contributed by atoms with E-state index in [2.05, 4.69) is 26.2 Å². The summed E-state index contributed by atoms with van der Waals surface area (Å²) in [6.07, 6.45) is 1.65. The molecule has 0 atom stereocenters. The van der Waals surface area contributed by atoms with Gasteiger partial charge in [0.15, 0.2) is 5.69 Å². The molecule has 5 nitrogen and oxygen atoms in total. The number of rotatable bonds is 7. The van der Waals surface area contributed by atoms with Crippen LogP contribution in [0.1, 0.15) is 27.5 Å². The summed E-state index contributed by atoms with van der Waals surface area (Å²) in [5.74, 6) is -1.05. The second-order valence-electron chi connectivity index (χ2n) is 4.66. The van der Waals surface area contributed by atoms with Crippen LogP contribution >= 0.6 is 27.3 Å². The number of benzene rings is 1. The minimum absolute atomic E-state index is 0.0185. The minimum Gasteiger partial charge on any atom is -0.476 e. The van der Waals surface area contributed by atoms with Crippen LogP contribution in [0.15, 0.2) is 34.1 Å². The van der Waals surface area contributed by atoms with Crippen molar-refractivity contribution in [2.45, 2.75) is 19.3 Å². The van der Waals surface area contributed by atoms with Gasteiger partial charge in [-0.15, -0.1) is 11.3 Å². The van der Waals surface area contributed by atoms with E-state index in [0.29, 0.717) is 30.8 Å². The van der Waals surface area contributed by atoms with Crippen molar-refractivity contribution in [3.63, 3.8) is 0 Å². The maximum Gasteiger partial charge on any atom is 0.355 e. The number of aromatic carboxylic acids is 1. The molecule has 0 unspecified atom stereocenters. The molecule has 0 aliphatic heterocycles. The van der Waals surface area contributed by atoms with Gasteiger partial charge in [0, 0.05) is 29.2 Å². The molecule has 2 rings (SSSR count). The van der Waals surface area contributed by atoms with Crippen molar-refractivity contribution in [2.75, 3.05) is 6.54 Å². The average Bonchev–Trinajstić information content (AvgIpc) is 2.94. The van der Waals surface area contributed by atoms with E-state index < -0.39 is 5.97 Å². The molecule has 0 saturated heterocycles. The summed E-state index contributed by atoms with van der Waals surface area (Å²) in [6.45, 7) is 0.462. The van der Waals surface area contributed by atoms with Crippen molar-refractivity contribution in [3.05, 3.63) is 50.4 Å². The van der Waals surface area contributed by atoms with Crippen LogP contribution < -0.4 is 5.32 Å². The topological polar surface area (TPSA) is 79.3 Å². The number of hydrogen-bond acceptors (Lipinski definition) is 4. The van der Waals surface area contributed by atoms with Gasteiger partial charge in [-0.25, -0.2) is 9.78 Å². The highest BCUT2D eigenvalue weighted by atomic mass is 79.9. The zero-order valence-corrected chi connectivity index (χ0v) is 14.1. The SMILES string of the molecule is O=C(CCc1cccc(Br)c1)NCCc1nc(C(=O)O)cs1. The van der Waals surface area contributed by atoms with Crippen molar-refractivity contribution in [2.24, 2.45) is 0 Å². The Morgan fingerprint density at radius 2 is 2.14 bits per heavy atom. The molecule has 1 heterocycles. The van der Waals surface area contributed by atoms with Crippen LogP contribution in [0.5, 0.6) is 0 Å². The number of aromatic nitrogens is 1. The summed E-state index contributed by atoms with van der Waals surface area (Å²) < 4.78 is 1.00. The number of carbonyl (C=O) groups excluding carboxylic acids is 1. The van der Waals surface area contributed by atoms with Gasteiger partial charge in [-0.2, -0.15) is 0 Å². The van der Waals surface area contributed by atoms with Crippen molar-refractivity contribution in [3.8, 4) is 0 Å². The van der Waals surface area contributed by atoms with Gasteiger partial charge in [0.2, 0.25) is 5.91 Å². The van der Waals surface area contributed by atoms with Gasteiger partial charge in [-0.3, -0.25) is 4.79 Å². The van der Waals surface area contributed by atoms with Gasteiger partial charge >= 0.3 is 5.97 Å². The van der Waals surface area contributed by atoms with E-state index in [0.717, 1.165) is 10.0 Å². The lowest BCUT2D eigenvalue weighted by atomic mass is 10.1. The molecule has 1 aromatic carbocycles. The average molecular weight is 383 g/mol. The third kappa shape index (κ3) is 5.23. The molecule has 2 N–H and O–H groups in total. The fraction of sp³-hybridized carbons (Fsp3) is 0.267. The zero-order chi connectivity index (χ0) is 15.9. The van der Waals surface area contributed by atoms with E-state index in [-0.39, 0.29) is 11.6 Å². The Hall–Kier alpha value is -1.73. The van der Waals surface area contributed by atoms with Crippen molar-refractivity contribution in [1.82, 2.24) is 10.3 Å². The Kier molecular flexibility index (Phi) is 6.09. The van der Waals surface area contributed by atoms with Crippen LogP contribution in [0.4, 0.5) is 0 Å². The second kappa shape index (κ2) is 8.05. The van der Waals surface area contributed by atoms with E-state index in [1.807, 2.05) is 24.3 Å². The first-order valence-corrected chi connectivity index (χ1v) is 8.40. The van der Waals surface area contributed by atoms with Crippen molar-refractivity contribution in [1.29, 1.82) is 0 Å². The smallest absolute Gasteiger partial charge is 0.355 e. The van der Waals surface area contributed by atoms with Crippen LogP contribution in [-0.2, 0) is 17.6 Å². The molecule has 22 heavy (non-hydrogen) atoms. The molecule has 116 valence electrons. The van der Waals surface area contributed by atoms with Gasteiger partial charge in [-0.05, 0) is 24.1 Å². The summed E-state index contributed by atoms with van der Waals surface area (Å²) in [5.41, 5.74) is 1.16. The number of hydrogen-bond donors (Lipinski definition) is 2. The number of halogens is 1. The second-order valence-corrected chi connectivity index (χ2v) is 6.52. The Bertz CT molecular complexity index is 672. The molecule has 1 amide bonds. The highest BCUT2D eigenvalue weighted by Gasteiger charge is 2.09. The number of aryl methyl sites for hydroxylation is 1. The van der Waals surface area contributed by atoms with E-state index in [4.69, 9.17) is 5.11 Å². The lowest BCUT2D eigenvalue weighted by molar-refractivity contribution is -0.121. The van der Waals surface area contributed by atoms with E-state index in [1.54, 1.807) is 0 Å². The summed E-state index contributed by atoms with van der Waals surface area (Å²) in [4.78, 5) is 26.5. The third-order valence-corrected chi connectivity index (χ3v) is 4.36. The van der Waals surface area contributed by atoms with Gasteiger partial charge < -0.3 is 10.4 Å². The molecule has 0 radical (unpaired) electrons. The maximum absolute atomic E-state index is 11.8. The first kappa shape index (κ1) is 16.6. The van der Waals surface area contributed by atoms with Gasteiger partial charge in [0.25, 0.3) is 0 Å². The number of amides is 1. The first-order valence-electron chi connectivity index (χ1n) is 6.73. The summed E-state index contributed by atoms with van der Waals surface area (Å²) in [7, 11) is 0. The normalized spacial score (nSPS) is 10.4. The highest BCUT2D eigenvalue weighted by Crippen LogP contribution is 2.13. The highest BCUT2D eigenvalue weighted by molar-refractivity contribution is 9.10. The lowest BCUT2D eigenvalue weighted by Crippen LogP contribution is -2.25. The summed E-state index contributed by atoms with van der Waals surface area (Å²) in [5, 5.41) is 13.8. The molecular weight excluding hydrogens is 368 g/mol. The van der Waals surface area contributed by atoms with Gasteiger partial charge in [-0.1, -0.05) is 28.1 Å². The minimum atomic E-state index is -1.03. The molecule has 0 spiro atoms. The predicted molar refractivity (Wildman–Crippen MR) is 88.3 cm³/mol. The number of carboxylic acid groups (broad SMARTS) is 1. The molecule has 0 bridgehead atoms. The maximum atomic E-state index is 11.8. The summed E-state index contributed by atoms with van der Waals surface area (Å²) >= 11 is 4.69. The Morgan fingerprint density at radius 3 is 2.82 bits per heavy atom. The number of nitrogens with zero attached hydrogens (tertiary/aromatic N) is 1. The Balaban J connectivity index is 1.70. The predicted octanol–water partition coefficient (Wildman–Crippen LogP) is 2.90. The fourth-order valence-electron chi connectivity index (χ4n) is 1.87.